The average molecular weight is 308 g/mol. The highest BCUT2D eigenvalue weighted by molar-refractivity contribution is 5.86. The van der Waals surface area contributed by atoms with E-state index in [4.69, 9.17) is 18.9 Å². The molecule has 0 spiro atoms. The van der Waals surface area contributed by atoms with Gasteiger partial charge in [0, 0.05) is 11.5 Å². The Morgan fingerprint density at radius 3 is 1.82 bits per heavy atom. The van der Waals surface area contributed by atoms with E-state index >= 15 is 0 Å². The molecular weight excluding hydrogens is 288 g/mol. The number of ether oxygens (including phenoxy) is 4. The van der Waals surface area contributed by atoms with E-state index < -0.39 is 29.9 Å². The first-order valence-corrected chi connectivity index (χ1v) is 7.03. The van der Waals surface area contributed by atoms with Gasteiger partial charge in [0.05, 0.1) is 14.2 Å². The summed E-state index contributed by atoms with van der Waals surface area (Å²) in [4.78, 5) is 23.9. The molecule has 1 fully saturated rings. The quantitative estimate of drug-likeness (QED) is 0.787. The van der Waals surface area contributed by atoms with Gasteiger partial charge in [-0.1, -0.05) is 44.2 Å². The molecule has 1 aliphatic heterocycles. The van der Waals surface area contributed by atoms with Crippen LogP contribution in [0.3, 0.4) is 0 Å². The first kappa shape index (κ1) is 16.5. The van der Waals surface area contributed by atoms with Crippen LogP contribution in [0.15, 0.2) is 30.3 Å². The van der Waals surface area contributed by atoms with Crippen molar-refractivity contribution in [3.8, 4) is 0 Å². The molecule has 0 aromatic heterocycles. The molecule has 1 saturated heterocycles. The van der Waals surface area contributed by atoms with Crippen LogP contribution in [0.25, 0.3) is 0 Å². The molecule has 1 aliphatic rings. The van der Waals surface area contributed by atoms with Gasteiger partial charge in [-0.3, -0.25) is 0 Å². The summed E-state index contributed by atoms with van der Waals surface area (Å²) in [6, 6.07) is 9.19. The summed E-state index contributed by atoms with van der Waals surface area (Å²) in [5.74, 6) is -2.70. The van der Waals surface area contributed by atoms with Gasteiger partial charge in [-0.2, -0.15) is 0 Å². The van der Waals surface area contributed by atoms with Gasteiger partial charge in [-0.15, -0.1) is 0 Å². The highest BCUT2D eigenvalue weighted by atomic mass is 16.8. The zero-order valence-electron chi connectivity index (χ0n) is 13.1. The van der Waals surface area contributed by atoms with E-state index in [0.717, 1.165) is 5.56 Å². The van der Waals surface area contributed by atoms with Crippen LogP contribution in [0.1, 0.15) is 19.4 Å². The molecule has 0 amide bonds. The fourth-order valence-corrected chi connectivity index (χ4v) is 2.52. The predicted molar refractivity (Wildman–Crippen MR) is 76.7 cm³/mol. The first-order chi connectivity index (χ1) is 10.5. The number of methoxy groups -OCH3 is 2. The van der Waals surface area contributed by atoms with Gasteiger partial charge in [0.15, 0.2) is 18.0 Å². The lowest BCUT2D eigenvalue weighted by Crippen LogP contribution is -2.38. The van der Waals surface area contributed by atoms with Crippen LogP contribution >= 0.6 is 0 Å². The maximum absolute atomic E-state index is 12.0. The van der Waals surface area contributed by atoms with E-state index in [0.29, 0.717) is 0 Å². The molecule has 0 N–H and O–H groups in total. The second kappa shape index (κ2) is 6.46. The summed E-state index contributed by atoms with van der Waals surface area (Å²) in [7, 11) is 2.47. The second-order valence-corrected chi connectivity index (χ2v) is 5.31. The fraction of sp³-hybridized carbons (Fsp3) is 0.500. The SMILES string of the molecule is COC(=O)C1OC(c2ccccc2)(C(C)C)OC1C(=O)OC. The normalized spacial score (nSPS) is 27.7. The van der Waals surface area contributed by atoms with E-state index in [2.05, 4.69) is 0 Å². The van der Waals surface area contributed by atoms with E-state index in [9.17, 15) is 9.59 Å². The molecule has 0 radical (unpaired) electrons. The molecule has 1 aromatic rings. The smallest absolute Gasteiger partial charge is 0.338 e. The number of esters is 2. The van der Waals surface area contributed by atoms with Crippen molar-refractivity contribution in [2.75, 3.05) is 14.2 Å². The molecule has 2 unspecified atom stereocenters. The third kappa shape index (κ3) is 2.71. The maximum atomic E-state index is 12.0. The van der Waals surface area contributed by atoms with Crippen molar-refractivity contribution in [2.45, 2.75) is 31.8 Å². The summed E-state index contributed by atoms with van der Waals surface area (Å²) < 4.78 is 21.2. The van der Waals surface area contributed by atoms with Crippen molar-refractivity contribution in [1.29, 1.82) is 0 Å². The lowest BCUT2D eigenvalue weighted by Gasteiger charge is -2.32. The molecule has 1 heterocycles. The van der Waals surface area contributed by atoms with Crippen molar-refractivity contribution < 1.29 is 28.5 Å². The number of benzene rings is 1. The van der Waals surface area contributed by atoms with Crippen molar-refractivity contribution in [3.05, 3.63) is 35.9 Å². The molecular formula is C16H20O6. The first-order valence-electron chi connectivity index (χ1n) is 7.03. The van der Waals surface area contributed by atoms with Gasteiger partial charge >= 0.3 is 11.9 Å². The average Bonchev–Trinajstić information content (AvgIpc) is 2.96. The van der Waals surface area contributed by atoms with Crippen LogP contribution in [-0.4, -0.2) is 38.4 Å². The van der Waals surface area contributed by atoms with Crippen LogP contribution in [-0.2, 0) is 34.3 Å². The standard InChI is InChI=1S/C16H20O6/c1-10(2)16(11-8-6-5-7-9-11)21-12(14(17)19-3)13(22-16)15(18)20-4/h5-10,12-13H,1-4H3. The Labute approximate surface area is 129 Å². The van der Waals surface area contributed by atoms with Crippen molar-refractivity contribution in [2.24, 2.45) is 5.92 Å². The third-order valence-corrected chi connectivity index (χ3v) is 3.68. The van der Waals surface area contributed by atoms with Crippen molar-refractivity contribution in [1.82, 2.24) is 0 Å². The molecule has 6 nitrogen and oxygen atoms in total. The minimum absolute atomic E-state index is 0.142. The second-order valence-electron chi connectivity index (χ2n) is 5.31. The Morgan fingerprint density at radius 2 is 1.45 bits per heavy atom. The third-order valence-electron chi connectivity index (χ3n) is 3.68. The number of carbonyl (C=O) groups excluding carboxylic acids is 2. The highest BCUT2D eigenvalue weighted by Gasteiger charge is 2.56. The van der Waals surface area contributed by atoms with Crippen molar-refractivity contribution >= 4 is 11.9 Å². The number of hydrogen-bond acceptors (Lipinski definition) is 6. The fourth-order valence-electron chi connectivity index (χ4n) is 2.52. The number of hydrogen-bond donors (Lipinski definition) is 0. The Hall–Kier alpha value is -1.92. The monoisotopic (exact) mass is 308 g/mol. The molecule has 0 aliphatic carbocycles. The van der Waals surface area contributed by atoms with Gasteiger partial charge in [0.25, 0.3) is 0 Å². The van der Waals surface area contributed by atoms with Crippen LogP contribution in [0.5, 0.6) is 0 Å². The summed E-state index contributed by atoms with van der Waals surface area (Å²) in [5, 5.41) is 0. The number of rotatable bonds is 4. The van der Waals surface area contributed by atoms with Crippen LogP contribution in [0, 0.1) is 5.92 Å². The van der Waals surface area contributed by atoms with Crippen LogP contribution < -0.4 is 0 Å². The van der Waals surface area contributed by atoms with Gasteiger partial charge in [-0.05, 0) is 0 Å². The topological polar surface area (TPSA) is 71.1 Å². The van der Waals surface area contributed by atoms with E-state index in [-0.39, 0.29) is 5.92 Å². The Balaban J connectivity index is 2.45. The summed E-state index contributed by atoms with van der Waals surface area (Å²) in [6.07, 6.45) is -2.33. The minimum Gasteiger partial charge on any atom is -0.467 e. The largest absolute Gasteiger partial charge is 0.467 e. The summed E-state index contributed by atoms with van der Waals surface area (Å²) in [5.41, 5.74) is 0.727. The molecule has 0 saturated carbocycles. The molecule has 1 aromatic carbocycles. The van der Waals surface area contributed by atoms with Gasteiger partial charge < -0.3 is 18.9 Å². The number of carbonyl (C=O) groups is 2. The molecule has 0 bridgehead atoms. The maximum Gasteiger partial charge on any atom is 0.338 e. The Bertz CT molecular complexity index is 515. The van der Waals surface area contributed by atoms with Crippen molar-refractivity contribution in [3.63, 3.8) is 0 Å². The summed E-state index contributed by atoms with van der Waals surface area (Å²) in [6.45, 7) is 3.78. The highest BCUT2D eigenvalue weighted by Crippen LogP contribution is 2.43. The van der Waals surface area contributed by atoms with Crippen LogP contribution in [0.2, 0.25) is 0 Å². The lowest BCUT2D eigenvalue weighted by molar-refractivity contribution is -0.219. The molecule has 2 rings (SSSR count). The summed E-state index contributed by atoms with van der Waals surface area (Å²) >= 11 is 0. The minimum atomic E-state index is -1.21. The Morgan fingerprint density at radius 1 is 1.00 bits per heavy atom. The van der Waals surface area contributed by atoms with E-state index in [1.807, 2.05) is 44.2 Å². The van der Waals surface area contributed by atoms with Gasteiger partial charge in [-0.25, -0.2) is 9.59 Å². The molecule has 22 heavy (non-hydrogen) atoms. The van der Waals surface area contributed by atoms with E-state index in [1.54, 1.807) is 0 Å². The van der Waals surface area contributed by atoms with Gasteiger partial charge in [0.2, 0.25) is 0 Å². The Kier molecular flexibility index (Phi) is 4.83. The zero-order chi connectivity index (χ0) is 16.3. The van der Waals surface area contributed by atoms with E-state index in [1.165, 1.54) is 14.2 Å². The molecule has 6 heteroatoms. The van der Waals surface area contributed by atoms with Crippen LogP contribution in [0.4, 0.5) is 0 Å². The predicted octanol–water partition coefficient (Wildman–Crippen LogP) is 1.63. The lowest BCUT2D eigenvalue weighted by atomic mass is 9.94. The zero-order valence-corrected chi connectivity index (χ0v) is 13.1. The molecule has 2 atom stereocenters. The molecule has 120 valence electrons. The van der Waals surface area contributed by atoms with Gasteiger partial charge in [0.1, 0.15) is 0 Å².